The largest absolute Gasteiger partial charge is 0.506 e. The van der Waals surface area contributed by atoms with Crippen molar-refractivity contribution in [2.45, 2.75) is 0 Å². The minimum Gasteiger partial charge on any atom is -0.506 e. The van der Waals surface area contributed by atoms with Crippen molar-refractivity contribution in [2.75, 3.05) is 5.73 Å². The molecule has 0 aliphatic heterocycles. The maximum Gasteiger partial charge on any atom is 0.143 e. The van der Waals surface area contributed by atoms with Crippen LogP contribution < -0.4 is 5.73 Å². The van der Waals surface area contributed by atoms with Gasteiger partial charge in [-0.25, -0.2) is 0 Å². The summed E-state index contributed by atoms with van der Waals surface area (Å²) in [7, 11) is 0. The summed E-state index contributed by atoms with van der Waals surface area (Å²) in [5, 5.41) is 18.1. The van der Waals surface area contributed by atoms with Crippen LogP contribution in [0.5, 0.6) is 11.5 Å². The fourth-order valence-corrected chi connectivity index (χ4v) is 0.796. The third-order valence-electron chi connectivity index (χ3n) is 1.10. The second-order valence-corrected chi connectivity index (χ2v) is 2.29. The number of phenolic OH excluding ortho intramolecular Hbond substituents is 2. The summed E-state index contributed by atoms with van der Waals surface area (Å²) in [4.78, 5) is 0. The first kappa shape index (κ1) is 7.02. The molecule has 0 aliphatic rings. The predicted molar refractivity (Wildman–Crippen MR) is 39.2 cm³/mol. The van der Waals surface area contributed by atoms with Gasteiger partial charge in [0.25, 0.3) is 0 Å². The molecule has 0 saturated heterocycles. The first-order valence-electron chi connectivity index (χ1n) is 2.58. The summed E-state index contributed by atoms with van der Waals surface area (Å²) in [5.74, 6) is -0.407. The van der Waals surface area contributed by atoms with E-state index in [9.17, 15) is 0 Å². The van der Waals surface area contributed by atoms with Gasteiger partial charge in [0, 0.05) is 17.2 Å². The highest BCUT2D eigenvalue weighted by Gasteiger charge is 2.03. The highest BCUT2D eigenvalue weighted by atomic mass is 35.5. The molecular weight excluding hydrogens is 154 g/mol. The Bertz CT molecular complexity index is 239. The number of hydrogen-bond acceptors (Lipinski definition) is 3. The van der Waals surface area contributed by atoms with Crippen LogP contribution in [0.25, 0.3) is 0 Å². The van der Waals surface area contributed by atoms with Gasteiger partial charge in [0.15, 0.2) is 0 Å². The zero-order valence-electron chi connectivity index (χ0n) is 5.00. The average molecular weight is 160 g/mol. The van der Waals surface area contributed by atoms with Crippen LogP contribution in [0.1, 0.15) is 0 Å². The van der Waals surface area contributed by atoms with Crippen LogP contribution in [-0.2, 0) is 0 Å². The van der Waals surface area contributed by atoms with Crippen molar-refractivity contribution < 1.29 is 10.2 Å². The van der Waals surface area contributed by atoms with E-state index in [0.717, 1.165) is 0 Å². The third-order valence-corrected chi connectivity index (χ3v) is 1.32. The molecule has 10 heavy (non-hydrogen) atoms. The van der Waals surface area contributed by atoms with Gasteiger partial charge in [-0.1, -0.05) is 11.6 Å². The molecule has 4 heteroatoms. The van der Waals surface area contributed by atoms with E-state index in [1.54, 1.807) is 0 Å². The first-order chi connectivity index (χ1) is 4.61. The summed E-state index contributed by atoms with van der Waals surface area (Å²) in [5.41, 5.74) is 5.14. The molecule has 1 aromatic carbocycles. The van der Waals surface area contributed by atoms with Gasteiger partial charge >= 0.3 is 0 Å². The number of phenols is 2. The number of nitrogens with two attached hydrogens (primary N) is 1. The maximum atomic E-state index is 8.91. The lowest BCUT2D eigenvalue weighted by Crippen LogP contribution is -1.85. The monoisotopic (exact) mass is 159 g/mol. The first-order valence-corrected chi connectivity index (χ1v) is 2.96. The molecule has 0 saturated carbocycles. The van der Waals surface area contributed by atoms with E-state index in [1.807, 2.05) is 0 Å². The predicted octanol–water partition coefficient (Wildman–Crippen LogP) is 1.33. The fraction of sp³-hybridized carbons (Fsp3) is 0. The van der Waals surface area contributed by atoms with Crippen molar-refractivity contribution >= 4 is 17.3 Å². The second-order valence-electron chi connectivity index (χ2n) is 1.86. The Hall–Kier alpha value is -1.09. The molecule has 0 radical (unpaired) electrons. The summed E-state index contributed by atoms with van der Waals surface area (Å²) < 4.78 is 0. The minimum absolute atomic E-state index is 0.0515. The van der Waals surface area contributed by atoms with Crippen molar-refractivity contribution in [1.82, 2.24) is 0 Å². The molecule has 0 fully saturated rings. The number of halogens is 1. The standard InChI is InChI=1S/C6H6ClNO2/c7-3-1-4(9)6(8)5(10)2-3/h1-2,9-10H,8H2. The van der Waals surface area contributed by atoms with Crippen LogP contribution in [0.2, 0.25) is 5.02 Å². The van der Waals surface area contributed by atoms with Crippen molar-refractivity contribution in [1.29, 1.82) is 0 Å². The molecule has 0 heterocycles. The number of anilines is 1. The number of rotatable bonds is 0. The lowest BCUT2D eigenvalue weighted by atomic mass is 10.3. The van der Waals surface area contributed by atoms with Gasteiger partial charge in [-0.2, -0.15) is 0 Å². The van der Waals surface area contributed by atoms with E-state index < -0.39 is 0 Å². The van der Waals surface area contributed by atoms with Gasteiger partial charge in [0.1, 0.15) is 17.2 Å². The van der Waals surface area contributed by atoms with Crippen LogP contribution in [0.3, 0.4) is 0 Å². The Morgan fingerprint density at radius 2 is 1.60 bits per heavy atom. The van der Waals surface area contributed by atoms with Crippen LogP contribution in [0.4, 0.5) is 5.69 Å². The van der Waals surface area contributed by atoms with Gasteiger partial charge < -0.3 is 15.9 Å². The molecule has 0 atom stereocenters. The molecule has 4 N–H and O–H groups in total. The molecule has 0 bridgehead atoms. The average Bonchev–Trinajstić information content (AvgIpc) is 1.82. The van der Waals surface area contributed by atoms with Gasteiger partial charge in [0.05, 0.1) is 0 Å². The van der Waals surface area contributed by atoms with Crippen molar-refractivity contribution in [3.63, 3.8) is 0 Å². The van der Waals surface area contributed by atoms with E-state index in [0.29, 0.717) is 0 Å². The van der Waals surface area contributed by atoms with Crippen LogP contribution in [-0.4, -0.2) is 10.2 Å². The van der Waals surface area contributed by atoms with Gasteiger partial charge in [-0.15, -0.1) is 0 Å². The Morgan fingerprint density at radius 1 is 1.20 bits per heavy atom. The van der Waals surface area contributed by atoms with Gasteiger partial charge in [-0.05, 0) is 0 Å². The van der Waals surface area contributed by atoms with Gasteiger partial charge in [0.2, 0.25) is 0 Å². The zero-order chi connectivity index (χ0) is 7.72. The molecule has 1 rings (SSSR count). The van der Waals surface area contributed by atoms with Crippen LogP contribution in [0, 0.1) is 0 Å². The summed E-state index contributed by atoms with van der Waals surface area (Å²) in [6, 6.07) is 2.52. The molecule has 3 nitrogen and oxygen atoms in total. The van der Waals surface area contributed by atoms with Crippen molar-refractivity contribution in [3.05, 3.63) is 17.2 Å². The normalized spacial score (nSPS) is 9.70. The van der Waals surface area contributed by atoms with Crippen molar-refractivity contribution in [2.24, 2.45) is 0 Å². The third kappa shape index (κ3) is 1.09. The zero-order valence-corrected chi connectivity index (χ0v) is 5.76. The lowest BCUT2D eigenvalue weighted by Gasteiger charge is -2.00. The molecule has 0 aliphatic carbocycles. The van der Waals surface area contributed by atoms with Crippen molar-refractivity contribution in [3.8, 4) is 11.5 Å². The van der Waals surface area contributed by atoms with E-state index in [2.05, 4.69) is 0 Å². The molecule has 0 spiro atoms. The Kier molecular flexibility index (Phi) is 1.59. The molecule has 0 unspecified atom stereocenters. The lowest BCUT2D eigenvalue weighted by molar-refractivity contribution is 0.455. The number of benzene rings is 1. The van der Waals surface area contributed by atoms with E-state index >= 15 is 0 Å². The molecule has 0 amide bonds. The van der Waals surface area contributed by atoms with E-state index in [-0.39, 0.29) is 22.2 Å². The Morgan fingerprint density at radius 3 is 2.00 bits per heavy atom. The highest BCUT2D eigenvalue weighted by Crippen LogP contribution is 2.32. The summed E-state index contributed by atoms with van der Waals surface area (Å²) in [6.07, 6.45) is 0. The fourth-order valence-electron chi connectivity index (χ4n) is 0.590. The topological polar surface area (TPSA) is 66.5 Å². The molecule has 54 valence electrons. The minimum atomic E-state index is -0.204. The second kappa shape index (κ2) is 2.27. The highest BCUT2D eigenvalue weighted by molar-refractivity contribution is 6.31. The molecule has 0 aromatic heterocycles. The Balaban J connectivity index is 3.31. The quantitative estimate of drug-likeness (QED) is 0.395. The number of hydrogen-bond donors (Lipinski definition) is 3. The smallest absolute Gasteiger partial charge is 0.143 e. The number of aromatic hydroxyl groups is 2. The molecular formula is C6H6ClNO2. The summed E-state index contributed by atoms with van der Waals surface area (Å²) >= 11 is 5.45. The molecule has 1 aromatic rings. The van der Waals surface area contributed by atoms with E-state index in [4.69, 9.17) is 27.5 Å². The van der Waals surface area contributed by atoms with Crippen LogP contribution >= 0.6 is 11.6 Å². The summed E-state index contributed by atoms with van der Waals surface area (Å²) in [6.45, 7) is 0. The van der Waals surface area contributed by atoms with Crippen LogP contribution in [0.15, 0.2) is 12.1 Å². The van der Waals surface area contributed by atoms with Gasteiger partial charge in [-0.3, -0.25) is 0 Å². The van der Waals surface area contributed by atoms with E-state index in [1.165, 1.54) is 12.1 Å². The SMILES string of the molecule is Nc1c(O)cc(Cl)cc1O. The Labute approximate surface area is 62.7 Å². The number of nitrogen functional groups attached to an aromatic ring is 1. The maximum absolute atomic E-state index is 8.91.